The highest BCUT2D eigenvalue weighted by Crippen LogP contribution is 2.30. The smallest absolute Gasteiger partial charge is 0.223 e. The lowest BCUT2D eigenvalue weighted by Gasteiger charge is -2.15. The van der Waals surface area contributed by atoms with Gasteiger partial charge in [-0.15, -0.1) is 0 Å². The molecule has 0 fully saturated rings. The average Bonchev–Trinajstić information content (AvgIpc) is 2.59. The highest BCUT2D eigenvalue weighted by molar-refractivity contribution is 5.94. The fourth-order valence-corrected chi connectivity index (χ4v) is 1.86. The molecule has 0 unspecified atom stereocenters. The van der Waals surface area contributed by atoms with Crippen LogP contribution in [0.5, 0.6) is 0 Å². The van der Waals surface area contributed by atoms with Gasteiger partial charge in [0.05, 0.1) is 0 Å². The summed E-state index contributed by atoms with van der Waals surface area (Å²) in [4.78, 5) is 13.1. The molecule has 1 aromatic rings. The first kappa shape index (κ1) is 9.06. The van der Waals surface area contributed by atoms with Crippen LogP contribution in [-0.2, 0) is 11.2 Å². The summed E-state index contributed by atoms with van der Waals surface area (Å²) in [5.74, 6) is 0.122. The molecule has 1 aliphatic rings. The van der Waals surface area contributed by atoms with E-state index in [9.17, 15) is 4.79 Å². The molecule has 0 radical (unpaired) electrons. The third kappa shape index (κ3) is 1.35. The minimum atomic E-state index is 0.122. The maximum atomic E-state index is 11.3. The second kappa shape index (κ2) is 3.33. The summed E-state index contributed by atoms with van der Waals surface area (Å²) in [6, 6.07) is 6.16. The van der Waals surface area contributed by atoms with Gasteiger partial charge in [-0.25, -0.2) is 0 Å². The van der Waals surface area contributed by atoms with E-state index in [0.29, 0.717) is 0 Å². The Balaban J connectivity index is 2.41. The Morgan fingerprint density at radius 1 is 1.50 bits per heavy atom. The van der Waals surface area contributed by atoms with E-state index in [1.165, 1.54) is 5.56 Å². The van der Waals surface area contributed by atoms with Crippen molar-refractivity contribution in [1.82, 2.24) is 0 Å². The lowest BCUT2D eigenvalue weighted by atomic mass is 10.1. The molecule has 1 aliphatic heterocycles. The summed E-state index contributed by atoms with van der Waals surface area (Å²) in [5, 5.41) is 3.08. The summed E-state index contributed by atoms with van der Waals surface area (Å²) in [5.41, 5.74) is 3.38. The van der Waals surface area contributed by atoms with Gasteiger partial charge in [-0.3, -0.25) is 4.79 Å². The van der Waals surface area contributed by atoms with Gasteiger partial charge in [0.15, 0.2) is 0 Å². The molecule has 0 saturated carbocycles. The van der Waals surface area contributed by atoms with Crippen LogP contribution < -0.4 is 10.2 Å². The first-order valence-corrected chi connectivity index (χ1v) is 4.81. The van der Waals surface area contributed by atoms with Gasteiger partial charge in [0.2, 0.25) is 5.91 Å². The van der Waals surface area contributed by atoms with Gasteiger partial charge >= 0.3 is 0 Å². The molecule has 74 valence electrons. The van der Waals surface area contributed by atoms with Crippen LogP contribution in [0.3, 0.4) is 0 Å². The van der Waals surface area contributed by atoms with Crippen LogP contribution in [0.1, 0.15) is 12.5 Å². The van der Waals surface area contributed by atoms with E-state index >= 15 is 0 Å². The molecule has 2 rings (SSSR count). The molecule has 0 saturated heterocycles. The zero-order valence-electron chi connectivity index (χ0n) is 8.50. The first-order chi connectivity index (χ1) is 6.72. The Morgan fingerprint density at radius 3 is 2.93 bits per heavy atom. The summed E-state index contributed by atoms with van der Waals surface area (Å²) < 4.78 is 0. The molecule has 1 amide bonds. The number of hydrogen-bond acceptors (Lipinski definition) is 2. The lowest BCUT2D eigenvalue weighted by Crippen LogP contribution is -2.25. The van der Waals surface area contributed by atoms with Gasteiger partial charge < -0.3 is 10.2 Å². The van der Waals surface area contributed by atoms with Gasteiger partial charge in [0.25, 0.3) is 0 Å². The topological polar surface area (TPSA) is 32.3 Å². The molecule has 1 N–H and O–H groups in total. The van der Waals surface area contributed by atoms with Crippen LogP contribution in [0.4, 0.5) is 11.4 Å². The normalized spacial score (nSPS) is 14.0. The molecular formula is C11H14N2O. The predicted octanol–water partition coefficient (Wildman–Crippen LogP) is 1.64. The molecule has 1 heterocycles. The van der Waals surface area contributed by atoms with Gasteiger partial charge in [-0.1, -0.05) is 6.07 Å². The van der Waals surface area contributed by atoms with Crippen molar-refractivity contribution in [3.63, 3.8) is 0 Å². The summed E-state index contributed by atoms with van der Waals surface area (Å²) in [7, 11) is 1.88. The number of fused-ring (bicyclic) bond motifs is 1. The Bertz CT molecular complexity index is 374. The molecule has 0 atom stereocenters. The van der Waals surface area contributed by atoms with Crippen LogP contribution in [-0.4, -0.2) is 19.5 Å². The highest BCUT2D eigenvalue weighted by Gasteiger charge is 2.21. The molecule has 14 heavy (non-hydrogen) atoms. The number of rotatable bonds is 1. The fourth-order valence-electron chi connectivity index (χ4n) is 1.86. The number of hydrogen-bond donors (Lipinski definition) is 1. The standard InChI is InChI=1S/C11H14N2O/c1-8(14)13-6-5-9-3-4-10(12-2)7-11(9)13/h3-4,7,12H,5-6H2,1-2H3. The number of nitrogens with zero attached hydrogens (tertiary/aromatic N) is 1. The zero-order valence-corrected chi connectivity index (χ0v) is 8.50. The zero-order chi connectivity index (χ0) is 10.1. The van der Waals surface area contributed by atoms with Crippen molar-refractivity contribution in [1.29, 1.82) is 0 Å². The van der Waals surface area contributed by atoms with Crippen LogP contribution in [0, 0.1) is 0 Å². The number of carbonyl (C=O) groups is 1. The third-order valence-electron chi connectivity index (χ3n) is 2.65. The van der Waals surface area contributed by atoms with Crippen LogP contribution in [0.15, 0.2) is 18.2 Å². The van der Waals surface area contributed by atoms with Gasteiger partial charge in [-0.2, -0.15) is 0 Å². The minimum absolute atomic E-state index is 0.122. The number of nitrogens with one attached hydrogen (secondary N) is 1. The van der Waals surface area contributed by atoms with Gasteiger partial charge in [0, 0.05) is 31.9 Å². The number of anilines is 2. The first-order valence-electron chi connectivity index (χ1n) is 4.81. The summed E-state index contributed by atoms with van der Waals surface area (Å²) in [6.45, 7) is 2.43. The summed E-state index contributed by atoms with van der Waals surface area (Å²) in [6.07, 6.45) is 0.971. The predicted molar refractivity (Wildman–Crippen MR) is 57.7 cm³/mol. The van der Waals surface area contributed by atoms with E-state index < -0.39 is 0 Å². The molecule has 3 nitrogen and oxygen atoms in total. The van der Waals surface area contributed by atoms with E-state index in [1.807, 2.05) is 24.1 Å². The van der Waals surface area contributed by atoms with Crippen LogP contribution in [0.25, 0.3) is 0 Å². The molecule has 3 heteroatoms. The average molecular weight is 190 g/mol. The van der Waals surface area contributed by atoms with E-state index in [-0.39, 0.29) is 5.91 Å². The fraction of sp³-hybridized carbons (Fsp3) is 0.364. The van der Waals surface area contributed by atoms with Crippen molar-refractivity contribution in [3.05, 3.63) is 23.8 Å². The quantitative estimate of drug-likeness (QED) is 0.730. The molecule has 0 bridgehead atoms. The lowest BCUT2D eigenvalue weighted by molar-refractivity contribution is -0.116. The maximum Gasteiger partial charge on any atom is 0.223 e. The number of carbonyl (C=O) groups excluding carboxylic acids is 1. The van der Waals surface area contributed by atoms with Crippen LogP contribution in [0.2, 0.25) is 0 Å². The summed E-state index contributed by atoms with van der Waals surface area (Å²) >= 11 is 0. The second-order valence-corrected chi connectivity index (χ2v) is 3.51. The monoisotopic (exact) mass is 190 g/mol. The van der Waals surface area contributed by atoms with E-state index in [1.54, 1.807) is 6.92 Å². The van der Waals surface area contributed by atoms with Crippen molar-refractivity contribution in [2.45, 2.75) is 13.3 Å². The van der Waals surface area contributed by atoms with Gasteiger partial charge in [0.1, 0.15) is 0 Å². The van der Waals surface area contributed by atoms with E-state index in [2.05, 4.69) is 11.4 Å². The SMILES string of the molecule is CNc1ccc2c(c1)N(C(C)=O)CC2. The molecule has 0 aliphatic carbocycles. The molecule has 1 aromatic carbocycles. The Morgan fingerprint density at radius 2 is 2.29 bits per heavy atom. The van der Waals surface area contributed by atoms with Crippen molar-refractivity contribution >= 4 is 17.3 Å². The molecule has 0 spiro atoms. The third-order valence-corrected chi connectivity index (χ3v) is 2.65. The Labute approximate surface area is 83.7 Å². The van der Waals surface area contributed by atoms with E-state index in [4.69, 9.17) is 0 Å². The number of amides is 1. The van der Waals surface area contributed by atoms with Crippen LogP contribution >= 0.6 is 0 Å². The minimum Gasteiger partial charge on any atom is -0.388 e. The number of benzene rings is 1. The Kier molecular flexibility index (Phi) is 2.15. The highest BCUT2D eigenvalue weighted by atomic mass is 16.2. The van der Waals surface area contributed by atoms with Crippen molar-refractivity contribution < 1.29 is 4.79 Å². The maximum absolute atomic E-state index is 11.3. The van der Waals surface area contributed by atoms with Gasteiger partial charge in [-0.05, 0) is 24.1 Å². The second-order valence-electron chi connectivity index (χ2n) is 3.51. The van der Waals surface area contributed by atoms with Crippen molar-refractivity contribution in [3.8, 4) is 0 Å². The van der Waals surface area contributed by atoms with Crippen molar-refractivity contribution in [2.75, 3.05) is 23.8 Å². The Hall–Kier alpha value is -1.51. The van der Waals surface area contributed by atoms with Crippen molar-refractivity contribution in [2.24, 2.45) is 0 Å². The molecule has 0 aromatic heterocycles. The van der Waals surface area contributed by atoms with E-state index in [0.717, 1.165) is 24.3 Å². The largest absolute Gasteiger partial charge is 0.388 e. The molecular weight excluding hydrogens is 176 g/mol.